The number of hydrogen-bond donors (Lipinski definition) is 2. The van der Waals surface area contributed by atoms with E-state index in [1.807, 2.05) is 47.2 Å². The van der Waals surface area contributed by atoms with Crippen molar-refractivity contribution in [2.45, 2.75) is 25.4 Å². The van der Waals surface area contributed by atoms with Gasteiger partial charge < -0.3 is 15.2 Å². The summed E-state index contributed by atoms with van der Waals surface area (Å²) in [5.41, 5.74) is 4.16. The van der Waals surface area contributed by atoms with Crippen molar-refractivity contribution in [3.8, 4) is 12.3 Å². The molecule has 1 saturated heterocycles. The van der Waals surface area contributed by atoms with Crippen LogP contribution in [0.5, 0.6) is 0 Å². The summed E-state index contributed by atoms with van der Waals surface area (Å²) < 4.78 is 2.03. The minimum atomic E-state index is -0.190. The summed E-state index contributed by atoms with van der Waals surface area (Å²) in [7, 11) is 0. The predicted molar refractivity (Wildman–Crippen MR) is 118 cm³/mol. The molecule has 1 aliphatic heterocycles. The van der Waals surface area contributed by atoms with Gasteiger partial charge in [0, 0.05) is 28.4 Å². The van der Waals surface area contributed by atoms with Crippen molar-refractivity contribution in [3.63, 3.8) is 0 Å². The standard InChI is InChI=1S/C23H21N3OS/c1-3-13-26-15-17(19-7-5-6-8-20(19)26)14-21-22(27)25-23(28-21)24-18-11-9-16(4-2)10-12-18/h1,5-12,14-15,23-24H,4,13H2,2H3,(H,25,27)/b21-14-/t23-/m0/s1. The van der Waals surface area contributed by atoms with Crippen LogP contribution < -0.4 is 10.6 Å². The third kappa shape index (κ3) is 3.64. The quantitative estimate of drug-likeness (QED) is 0.503. The SMILES string of the molecule is C#CCn1cc(/C=C2\S[C@@H](Nc3ccc(CC)cc3)NC2=O)c2ccccc21. The summed E-state index contributed by atoms with van der Waals surface area (Å²) in [6, 6.07) is 16.4. The lowest BCUT2D eigenvalue weighted by Gasteiger charge is -2.12. The van der Waals surface area contributed by atoms with Crippen molar-refractivity contribution >= 4 is 40.3 Å². The molecule has 3 aromatic rings. The highest BCUT2D eigenvalue weighted by Gasteiger charge is 2.27. The Morgan fingerprint density at radius 1 is 1.25 bits per heavy atom. The molecular weight excluding hydrogens is 366 g/mol. The number of fused-ring (bicyclic) bond motifs is 1. The molecular formula is C23H21N3OS. The van der Waals surface area contributed by atoms with Gasteiger partial charge in [-0.15, -0.1) is 6.42 Å². The summed E-state index contributed by atoms with van der Waals surface area (Å²) in [6.45, 7) is 2.63. The van der Waals surface area contributed by atoms with E-state index < -0.39 is 0 Å². The normalized spacial score (nSPS) is 17.6. The zero-order chi connectivity index (χ0) is 19.5. The van der Waals surface area contributed by atoms with Crippen molar-refractivity contribution in [2.75, 3.05) is 5.32 Å². The Morgan fingerprint density at radius 3 is 2.79 bits per heavy atom. The average molecular weight is 388 g/mol. The second-order valence-electron chi connectivity index (χ2n) is 6.61. The molecule has 0 radical (unpaired) electrons. The summed E-state index contributed by atoms with van der Waals surface area (Å²) in [6.07, 6.45) is 10.5. The summed E-state index contributed by atoms with van der Waals surface area (Å²) in [5, 5.41) is 7.43. The lowest BCUT2D eigenvalue weighted by Crippen LogP contribution is -2.30. The Bertz CT molecular complexity index is 1090. The number of hydrogen-bond acceptors (Lipinski definition) is 3. The maximum atomic E-state index is 12.5. The first-order valence-electron chi connectivity index (χ1n) is 9.24. The number of nitrogens with zero attached hydrogens (tertiary/aromatic N) is 1. The molecule has 4 nitrogen and oxygen atoms in total. The van der Waals surface area contributed by atoms with E-state index in [-0.39, 0.29) is 11.4 Å². The van der Waals surface area contributed by atoms with Gasteiger partial charge in [0.15, 0.2) is 5.50 Å². The number of carbonyl (C=O) groups excluding carboxylic acids is 1. The first-order chi connectivity index (χ1) is 13.7. The van der Waals surface area contributed by atoms with Crippen LogP contribution in [0, 0.1) is 12.3 Å². The van der Waals surface area contributed by atoms with Crippen LogP contribution >= 0.6 is 11.8 Å². The minimum Gasteiger partial charge on any atom is -0.357 e. The molecule has 1 aliphatic rings. The topological polar surface area (TPSA) is 46.1 Å². The molecule has 1 amide bonds. The second-order valence-corrected chi connectivity index (χ2v) is 7.76. The number of benzene rings is 2. The number of thioether (sulfide) groups is 1. The molecule has 28 heavy (non-hydrogen) atoms. The van der Waals surface area contributed by atoms with Gasteiger partial charge in [0.2, 0.25) is 0 Å². The van der Waals surface area contributed by atoms with Gasteiger partial charge in [0.05, 0.1) is 11.4 Å². The Labute approximate surface area is 169 Å². The first kappa shape index (κ1) is 18.3. The molecule has 1 fully saturated rings. The zero-order valence-corrected chi connectivity index (χ0v) is 16.4. The Morgan fingerprint density at radius 2 is 2.04 bits per heavy atom. The second kappa shape index (κ2) is 7.87. The van der Waals surface area contributed by atoms with E-state index in [4.69, 9.17) is 6.42 Å². The van der Waals surface area contributed by atoms with Crippen LogP contribution in [0.1, 0.15) is 18.1 Å². The molecule has 4 rings (SSSR count). The molecule has 0 spiro atoms. The van der Waals surface area contributed by atoms with E-state index in [1.54, 1.807) is 0 Å². The molecule has 0 unspecified atom stereocenters. The third-order valence-electron chi connectivity index (χ3n) is 4.76. The van der Waals surface area contributed by atoms with Crippen molar-refractivity contribution in [3.05, 3.63) is 70.8 Å². The van der Waals surface area contributed by atoms with Crippen molar-refractivity contribution in [1.29, 1.82) is 0 Å². The zero-order valence-electron chi connectivity index (χ0n) is 15.6. The Hall–Kier alpha value is -3.10. The number of aromatic nitrogens is 1. The van der Waals surface area contributed by atoms with E-state index in [0.717, 1.165) is 28.6 Å². The van der Waals surface area contributed by atoms with Gasteiger partial charge in [-0.3, -0.25) is 4.79 Å². The lowest BCUT2D eigenvalue weighted by molar-refractivity contribution is -0.116. The Balaban J connectivity index is 1.56. The van der Waals surface area contributed by atoms with Gasteiger partial charge in [-0.25, -0.2) is 0 Å². The van der Waals surface area contributed by atoms with Crippen LogP contribution in [-0.2, 0) is 17.8 Å². The summed E-state index contributed by atoms with van der Waals surface area (Å²) in [5.74, 6) is 2.61. The predicted octanol–water partition coefficient (Wildman–Crippen LogP) is 4.44. The number of terminal acetylenes is 1. The number of amides is 1. The molecule has 5 heteroatoms. The monoisotopic (exact) mass is 387 g/mol. The maximum absolute atomic E-state index is 12.5. The fourth-order valence-corrected chi connectivity index (χ4v) is 4.29. The van der Waals surface area contributed by atoms with Crippen LogP contribution in [0.25, 0.3) is 17.0 Å². The molecule has 0 bridgehead atoms. The van der Waals surface area contributed by atoms with Gasteiger partial charge in [-0.05, 0) is 36.3 Å². The van der Waals surface area contributed by atoms with E-state index in [9.17, 15) is 4.79 Å². The molecule has 0 aliphatic carbocycles. The van der Waals surface area contributed by atoms with Gasteiger partial charge in [-0.1, -0.05) is 54.9 Å². The number of carbonyl (C=O) groups is 1. The summed E-state index contributed by atoms with van der Waals surface area (Å²) in [4.78, 5) is 13.2. The van der Waals surface area contributed by atoms with Crippen LogP contribution in [0.15, 0.2) is 59.6 Å². The fourth-order valence-electron chi connectivity index (χ4n) is 3.31. The van der Waals surface area contributed by atoms with E-state index in [2.05, 4.69) is 41.7 Å². The number of para-hydroxylation sites is 1. The van der Waals surface area contributed by atoms with Gasteiger partial charge >= 0.3 is 0 Å². The molecule has 2 aromatic carbocycles. The maximum Gasteiger partial charge on any atom is 0.260 e. The van der Waals surface area contributed by atoms with Crippen LogP contribution in [0.4, 0.5) is 5.69 Å². The number of anilines is 1. The van der Waals surface area contributed by atoms with Crippen LogP contribution in [0.2, 0.25) is 0 Å². The number of nitrogens with one attached hydrogen (secondary N) is 2. The van der Waals surface area contributed by atoms with E-state index in [1.165, 1.54) is 17.3 Å². The highest BCUT2D eigenvalue weighted by molar-refractivity contribution is 8.05. The van der Waals surface area contributed by atoms with Gasteiger partial charge in [-0.2, -0.15) is 0 Å². The van der Waals surface area contributed by atoms with E-state index >= 15 is 0 Å². The minimum absolute atomic E-state index is 0.0681. The smallest absolute Gasteiger partial charge is 0.260 e. The molecule has 140 valence electrons. The van der Waals surface area contributed by atoms with Gasteiger partial charge in [0.1, 0.15) is 0 Å². The van der Waals surface area contributed by atoms with Crippen LogP contribution in [0.3, 0.4) is 0 Å². The molecule has 1 atom stereocenters. The first-order valence-corrected chi connectivity index (χ1v) is 10.1. The molecule has 2 N–H and O–H groups in total. The number of aryl methyl sites for hydroxylation is 1. The van der Waals surface area contributed by atoms with Crippen molar-refractivity contribution < 1.29 is 4.79 Å². The average Bonchev–Trinajstić information content (AvgIpc) is 3.23. The summed E-state index contributed by atoms with van der Waals surface area (Å²) >= 11 is 1.49. The Kier molecular flexibility index (Phi) is 5.14. The molecule has 0 saturated carbocycles. The lowest BCUT2D eigenvalue weighted by atomic mass is 10.1. The molecule has 1 aromatic heterocycles. The van der Waals surface area contributed by atoms with Gasteiger partial charge in [0.25, 0.3) is 5.91 Å². The third-order valence-corrected chi connectivity index (χ3v) is 5.79. The highest BCUT2D eigenvalue weighted by atomic mass is 32.2. The molecule has 2 heterocycles. The van der Waals surface area contributed by atoms with Crippen molar-refractivity contribution in [1.82, 2.24) is 9.88 Å². The van der Waals surface area contributed by atoms with Crippen LogP contribution in [-0.4, -0.2) is 16.0 Å². The fraction of sp³-hybridized carbons (Fsp3) is 0.174. The van der Waals surface area contributed by atoms with E-state index in [0.29, 0.717) is 11.4 Å². The largest absolute Gasteiger partial charge is 0.357 e. The number of rotatable bonds is 5. The van der Waals surface area contributed by atoms with Crippen molar-refractivity contribution in [2.24, 2.45) is 0 Å². The highest BCUT2D eigenvalue weighted by Crippen LogP contribution is 2.32.